The van der Waals surface area contributed by atoms with Gasteiger partial charge in [0, 0.05) is 44.1 Å². The fourth-order valence-corrected chi connectivity index (χ4v) is 3.96. The van der Waals surface area contributed by atoms with E-state index in [9.17, 15) is 9.18 Å². The Morgan fingerprint density at radius 2 is 1.66 bits per heavy atom. The topological polar surface area (TPSA) is 36.4 Å². The summed E-state index contributed by atoms with van der Waals surface area (Å²) in [6, 6.07) is 18.6. The highest BCUT2D eigenvalue weighted by molar-refractivity contribution is 5.94. The summed E-state index contributed by atoms with van der Waals surface area (Å²) in [6.07, 6.45) is 3.36. The van der Waals surface area contributed by atoms with Crippen molar-refractivity contribution < 1.29 is 9.18 Å². The molecule has 0 radical (unpaired) electrons. The number of hydrogen-bond donors (Lipinski definition) is 0. The number of amides is 1. The Morgan fingerprint density at radius 1 is 0.966 bits per heavy atom. The highest BCUT2D eigenvalue weighted by Crippen LogP contribution is 2.31. The first kappa shape index (κ1) is 19.3. The minimum absolute atomic E-state index is 0.00278. The second-order valence-electron chi connectivity index (χ2n) is 7.41. The number of halogens is 1. The van der Waals surface area contributed by atoms with E-state index in [1.54, 1.807) is 18.5 Å². The van der Waals surface area contributed by atoms with Crippen LogP contribution in [0.15, 0.2) is 73.1 Å². The third-order valence-electron chi connectivity index (χ3n) is 5.40. The predicted octanol–water partition coefficient (Wildman–Crippen LogP) is 4.08. The Kier molecular flexibility index (Phi) is 5.67. The molecule has 4 rings (SSSR count). The highest BCUT2D eigenvalue weighted by atomic mass is 19.1. The van der Waals surface area contributed by atoms with Gasteiger partial charge in [-0.05, 0) is 30.2 Å². The van der Waals surface area contributed by atoms with Crippen molar-refractivity contribution in [2.24, 2.45) is 0 Å². The molecule has 2 heterocycles. The molecule has 2 aromatic carbocycles. The van der Waals surface area contributed by atoms with E-state index in [-0.39, 0.29) is 17.8 Å². The number of piperazine rings is 1. The zero-order valence-electron chi connectivity index (χ0n) is 16.5. The zero-order valence-corrected chi connectivity index (χ0v) is 16.5. The molecule has 5 heteroatoms. The molecule has 0 aliphatic carbocycles. The van der Waals surface area contributed by atoms with E-state index >= 15 is 0 Å². The monoisotopic (exact) mass is 389 g/mol. The van der Waals surface area contributed by atoms with E-state index in [0.29, 0.717) is 37.3 Å². The van der Waals surface area contributed by atoms with Gasteiger partial charge in [0.25, 0.3) is 5.91 Å². The number of aryl methyl sites for hydroxylation is 1. The Balaban J connectivity index is 1.54. The molecule has 148 valence electrons. The quantitative estimate of drug-likeness (QED) is 0.675. The Morgan fingerprint density at radius 3 is 2.34 bits per heavy atom. The molecule has 0 saturated carbocycles. The molecule has 3 aromatic rings. The van der Waals surface area contributed by atoms with E-state index < -0.39 is 0 Å². The van der Waals surface area contributed by atoms with Crippen LogP contribution in [0.2, 0.25) is 0 Å². The van der Waals surface area contributed by atoms with Gasteiger partial charge in [-0.2, -0.15) is 0 Å². The lowest BCUT2D eigenvalue weighted by Gasteiger charge is -2.39. The Bertz CT molecular complexity index is 984. The standard InChI is InChI=1S/C24H24FN3O/c1-18-15-20(17-26-16-18)24(29)28-13-11-27(12-14-28)23(19-7-3-2-4-8-19)21-9-5-6-10-22(21)25/h2-10,15-17,23H,11-14H2,1H3. The number of hydrogen-bond acceptors (Lipinski definition) is 3. The van der Waals surface area contributed by atoms with Gasteiger partial charge in [-0.25, -0.2) is 4.39 Å². The first-order valence-corrected chi connectivity index (χ1v) is 9.88. The summed E-state index contributed by atoms with van der Waals surface area (Å²) in [4.78, 5) is 21.1. The summed E-state index contributed by atoms with van der Waals surface area (Å²) in [5.74, 6) is -0.200. The van der Waals surface area contributed by atoms with E-state index in [1.807, 2.05) is 60.4 Å². The van der Waals surface area contributed by atoms with Crippen LogP contribution >= 0.6 is 0 Å². The number of pyridine rings is 1. The third-order valence-corrected chi connectivity index (χ3v) is 5.40. The highest BCUT2D eigenvalue weighted by Gasteiger charge is 2.30. The van der Waals surface area contributed by atoms with Crippen molar-refractivity contribution in [2.45, 2.75) is 13.0 Å². The van der Waals surface area contributed by atoms with Crippen LogP contribution in [0.4, 0.5) is 4.39 Å². The van der Waals surface area contributed by atoms with Gasteiger partial charge in [-0.1, -0.05) is 48.5 Å². The number of carbonyl (C=O) groups is 1. The molecule has 4 nitrogen and oxygen atoms in total. The van der Waals surface area contributed by atoms with Gasteiger partial charge in [0.15, 0.2) is 0 Å². The average molecular weight is 389 g/mol. The molecule has 0 bridgehead atoms. The SMILES string of the molecule is Cc1cncc(C(=O)N2CCN(C(c3ccccc3)c3ccccc3F)CC2)c1. The maximum atomic E-state index is 14.6. The first-order chi connectivity index (χ1) is 14.1. The fourth-order valence-electron chi connectivity index (χ4n) is 3.96. The zero-order chi connectivity index (χ0) is 20.2. The molecule has 1 amide bonds. The van der Waals surface area contributed by atoms with Gasteiger partial charge < -0.3 is 4.90 Å². The number of benzene rings is 2. The van der Waals surface area contributed by atoms with Crippen molar-refractivity contribution in [3.63, 3.8) is 0 Å². The van der Waals surface area contributed by atoms with E-state index in [2.05, 4.69) is 9.88 Å². The lowest BCUT2D eigenvalue weighted by molar-refractivity contribution is 0.0594. The molecule has 1 fully saturated rings. The molecular formula is C24H24FN3O. The summed E-state index contributed by atoms with van der Waals surface area (Å²) >= 11 is 0. The van der Waals surface area contributed by atoms with Crippen LogP contribution in [0.25, 0.3) is 0 Å². The lowest BCUT2D eigenvalue weighted by Crippen LogP contribution is -2.50. The van der Waals surface area contributed by atoms with Crippen molar-refractivity contribution in [3.8, 4) is 0 Å². The molecule has 29 heavy (non-hydrogen) atoms. The molecule has 1 atom stereocenters. The summed E-state index contributed by atoms with van der Waals surface area (Å²) in [7, 11) is 0. The summed E-state index contributed by atoms with van der Waals surface area (Å²) in [6.45, 7) is 4.49. The van der Waals surface area contributed by atoms with Crippen molar-refractivity contribution >= 4 is 5.91 Å². The predicted molar refractivity (Wildman–Crippen MR) is 111 cm³/mol. The normalized spacial score (nSPS) is 15.9. The van der Waals surface area contributed by atoms with Crippen molar-refractivity contribution in [2.75, 3.05) is 26.2 Å². The average Bonchev–Trinajstić information content (AvgIpc) is 2.76. The third kappa shape index (κ3) is 4.20. The summed E-state index contributed by atoms with van der Waals surface area (Å²) < 4.78 is 14.6. The van der Waals surface area contributed by atoms with Gasteiger partial charge >= 0.3 is 0 Å². The molecule has 1 aromatic heterocycles. The van der Waals surface area contributed by atoms with Gasteiger partial charge in [0.2, 0.25) is 0 Å². The number of nitrogens with zero attached hydrogens (tertiary/aromatic N) is 3. The smallest absolute Gasteiger partial charge is 0.255 e. The van der Waals surface area contributed by atoms with Gasteiger partial charge in [0.05, 0.1) is 11.6 Å². The first-order valence-electron chi connectivity index (χ1n) is 9.88. The number of rotatable bonds is 4. The Labute approximate surface area is 170 Å². The second kappa shape index (κ2) is 8.53. The summed E-state index contributed by atoms with van der Waals surface area (Å²) in [5, 5.41) is 0. The van der Waals surface area contributed by atoms with Crippen LogP contribution in [-0.2, 0) is 0 Å². The fraction of sp³-hybridized carbons (Fsp3) is 0.250. The number of aromatic nitrogens is 1. The molecule has 1 saturated heterocycles. The van der Waals surface area contributed by atoms with Crippen LogP contribution in [0, 0.1) is 12.7 Å². The minimum Gasteiger partial charge on any atom is -0.336 e. The van der Waals surface area contributed by atoms with Crippen LogP contribution in [0.5, 0.6) is 0 Å². The van der Waals surface area contributed by atoms with Gasteiger partial charge in [-0.3, -0.25) is 14.7 Å². The van der Waals surface area contributed by atoms with Crippen LogP contribution in [-0.4, -0.2) is 46.9 Å². The van der Waals surface area contributed by atoms with Gasteiger partial charge in [-0.15, -0.1) is 0 Å². The van der Waals surface area contributed by atoms with Crippen molar-refractivity contribution in [1.29, 1.82) is 0 Å². The van der Waals surface area contributed by atoms with E-state index in [0.717, 1.165) is 11.1 Å². The maximum absolute atomic E-state index is 14.6. The largest absolute Gasteiger partial charge is 0.336 e. The van der Waals surface area contributed by atoms with Crippen molar-refractivity contribution in [1.82, 2.24) is 14.8 Å². The minimum atomic E-state index is -0.203. The van der Waals surface area contributed by atoms with Crippen LogP contribution in [0.3, 0.4) is 0 Å². The summed E-state index contributed by atoms with van der Waals surface area (Å²) in [5.41, 5.74) is 3.31. The molecule has 1 unspecified atom stereocenters. The van der Waals surface area contributed by atoms with Crippen LogP contribution < -0.4 is 0 Å². The molecular weight excluding hydrogens is 365 g/mol. The molecule has 1 aliphatic rings. The molecule has 0 N–H and O–H groups in total. The lowest BCUT2D eigenvalue weighted by atomic mass is 9.96. The molecule has 1 aliphatic heterocycles. The Hall–Kier alpha value is -3.05. The van der Waals surface area contributed by atoms with Crippen LogP contribution in [0.1, 0.15) is 33.1 Å². The second-order valence-corrected chi connectivity index (χ2v) is 7.41. The maximum Gasteiger partial charge on any atom is 0.255 e. The van der Waals surface area contributed by atoms with Crippen molar-refractivity contribution in [3.05, 3.63) is 101 Å². The van der Waals surface area contributed by atoms with Gasteiger partial charge in [0.1, 0.15) is 5.82 Å². The molecule has 0 spiro atoms. The number of carbonyl (C=O) groups excluding carboxylic acids is 1. The van der Waals surface area contributed by atoms with E-state index in [4.69, 9.17) is 0 Å². The van der Waals surface area contributed by atoms with E-state index in [1.165, 1.54) is 6.07 Å².